The van der Waals surface area contributed by atoms with Crippen LogP contribution in [0.3, 0.4) is 0 Å². The molecule has 0 radical (unpaired) electrons. The molecule has 0 heterocycles. The van der Waals surface area contributed by atoms with Crippen molar-refractivity contribution in [1.82, 2.24) is 4.90 Å². The standard InChI is InChI=1S/C12H24N2/c1-14(2)10-9-12(13)11-7-5-3-4-6-8-11/h7,12H,3-6,8-10,13H2,1-2H3. The fourth-order valence-corrected chi connectivity index (χ4v) is 1.96. The van der Waals surface area contributed by atoms with E-state index >= 15 is 0 Å². The number of hydrogen-bond acceptors (Lipinski definition) is 2. The van der Waals surface area contributed by atoms with Crippen LogP contribution in [0.15, 0.2) is 11.6 Å². The first kappa shape index (κ1) is 11.7. The molecule has 82 valence electrons. The number of nitrogens with two attached hydrogens (primary N) is 1. The topological polar surface area (TPSA) is 29.3 Å². The second kappa shape index (κ2) is 6.20. The van der Waals surface area contributed by atoms with Crippen LogP contribution in [0.2, 0.25) is 0 Å². The van der Waals surface area contributed by atoms with Crippen molar-refractivity contribution in [3.63, 3.8) is 0 Å². The van der Waals surface area contributed by atoms with Gasteiger partial charge in [-0.3, -0.25) is 0 Å². The lowest BCUT2D eigenvalue weighted by molar-refractivity contribution is 0.387. The number of allylic oxidation sites excluding steroid dienone is 1. The van der Waals surface area contributed by atoms with Gasteiger partial charge < -0.3 is 10.6 Å². The molecule has 2 N–H and O–H groups in total. The quantitative estimate of drug-likeness (QED) is 0.698. The van der Waals surface area contributed by atoms with Gasteiger partial charge >= 0.3 is 0 Å². The summed E-state index contributed by atoms with van der Waals surface area (Å²) in [5.41, 5.74) is 7.68. The fourth-order valence-electron chi connectivity index (χ4n) is 1.96. The Hall–Kier alpha value is -0.340. The summed E-state index contributed by atoms with van der Waals surface area (Å²) >= 11 is 0. The highest BCUT2D eigenvalue weighted by Crippen LogP contribution is 2.20. The van der Waals surface area contributed by atoms with Crippen LogP contribution >= 0.6 is 0 Å². The van der Waals surface area contributed by atoms with E-state index in [1.165, 1.54) is 37.7 Å². The second-order valence-electron chi connectivity index (χ2n) is 4.58. The minimum absolute atomic E-state index is 0.301. The molecule has 0 aromatic heterocycles. The molecule has 0 saturated heterocycles. The number of hydrogen-bond donors (Lipinski definition) is 1. The zero-order valence-electron chi connectivity index (χ0n) is 9.63. The van der Waals surface area contributed by atoms with Crippen LogP contribution < -0.4 is 5.73 Å². The molecule has 0 saturated carbocycles. The Labute approximate surface area is 88.2 Å². The molecule has 0 fully saturated rings. The Bertz CT molecular complexity index is 185. The molecule has 1 aliphatic carbocycles. The summed E-state index contributed by atoms with van der Waals surface area (Å²) in [7, 11) is 4.21. The van der Waals surface area contributed by atoms with Gasteiger partial charge in [0.2, 0.25) is 0 Å². The van der Waals surface area contributed by atoms with Crippen molar-refractivity contribution in [1.29, 1.82) is 0 Å². The Morgan fingerprint density at radius 3 is 2.86 bits per heavy atom. The maximum Gasteiger partial charge on any atom is 0.0265 e. The van der Waals surface area contributed by atoms with Gasteiger partial charge in [0.1, 0.15) is 0 Å². The summed E-state index contributed by atoms with van der Waals surface area (Å²) in [6.45, 7) is 1.10. The van der Waals surface area contributed by atoms with E-state index < -0.39 is 0 Å². The smallest absolute Gasteiger partial charge is 0.0265 e. The lowest BCUT2D eigenvalue weighted by Gasteiger charge is -2.17. The van der Waals surface area contributed by atoms with E-state index in [1.54, 1.807) is 0 Å². The van der Waals surface area contributed by atoms with Crippen LogP contribution in [0.1, 0.15) is 38.5 Å². The van der Waals surface area contributed by atoms with Crippen molar-refractivity contribution in [3.8, 4) is 0 Å². The monoisotopic (exact) mass is 196 g/mol. The summed E-state index contributed by atoms with van der Waals surface area (Å²) in [6.07, 6.45) is 10.0. The number of rotatable bonds is 4. The van der Waals surface area contributed by atoms with E-state index in [0.717, 1.165) is 13.0 Å². The zero-order valence-corrected chi connectivity index (χ0v) is 9.63. The molecule has 1 rings (SSSR count). The van der Waals surface area contributed by atoms with Gasteiger partial charge in [0.25, 0.3) is 0 Å². The van der Waals surface area contributed by atoms with Crippen molar-refractivity contribution in [2.24, 2.45) is 5.73 Å². The third-order valence-electron chi connectivity index (χ3n) is 2.94. The first-order valence-electron chi connectivity index (χ1n) is 5.79. The van der Waals surface area contributed by atoms with Gasteiger partial charge in [-0.05, 0) is 52.7 Å². The van der Waals surface area contributed by atoms with Gasteiger partial charge in [-0.2, -0.15) is 0 Å². The molecule has 0 amide bonds. The molecule has 1 atom stereocenters. The summed E-state index contributed by atoms with van der Waals surface area (Å²) in [5.74, 6) is 0. The summed E-state index contributed by atoms with van der Waals surface area (Å²) in [4.78, 5) is 2.21. The van der Waals surface area contributed by atoms with E-state index in [-0.39, 0.29) is 0 Å². The normalized spacial score (nSPS) is 20.4. The predicted molar refractivity (Wildman–Crippen MR) is 62.3 cm³/mol. The van der Waals surface area contributed by atoms with Crippen LogP contribution in [0, 0.1) is 0 Å². The van der Waals surface area contributed by atoms with Crippen molar-refractivity contribution in [3.05, 3.63) is 11.6 Å². The number of nitrogens with zero attached hydrogens (tertiary/aromatic N) is 1. The Kier molecular flexibility index (Phi) is 5.20. The molecule has 0 spiro atoms. The lowest BCUT2D eigenvalue weighted by atomic mass is 10.00. The second-order valence-corrected chi connectivity index (χ2v) is 4.58. The molecular weight excluding hydrogens is 172 g/mol. The third kappa shape index (κ3) is 4.25. The third-order valence-corrected chi connectivity index (χ3v) is 2.94. The van der Waals surface area contributed by atoms with Crippen LogP contribution in [-0.4, -0.2) is 31.6 Å². The van der Waals surface area contributed by atoms with Crippen molar-refractivity contribution in [2.45, 2.75) is 44.6 Å². The highest BCUT2D eigenvalue weighted by atomic mass is 15.0. The highest BCUT2D eigenvalue weighted by Gasteiger charge is 2.11. The Morgan fingerprint density at radius 2 is 2.14 bits per heavy atom. The minimum Gasteiger partial charge on any atom is -0.324 e. The van der Waals surface area contributed by atoms with E-state index in [2.05, 4.69) is 25.1 Å². The Balaban J connectivity index is 2.33. The molecule has 0 aliphatic heterocycles. The maximum atomic E-state index is 6.17. The molecule has 2 heteroatoms. The van der Waals surface area contributed by atoms with Crippen LogP contribution in [0.5, 0.6) is 0 Å². The van der Waals surface area contributed by atoms with Gasteiger partial charge in [-0.15, -0.1) is 0 Å². The van der Waals surface area contributed by atoms with Crippen LogP contribution in [-0.2, 0) is 0 Å². The Morgan fingerprint density at radius 1 is 1.36 bits per heavy atom. The first-order chi connectivity index (χ1) is 6.70. The molecule has 14 heavy (non-hydrogen) atoms. The average molecular weight is 196 g/mol. The summed E-state index contributed by atoms with van der Waals surface area (Å²) < 4.78 is 0. The van der Waals surface area contributed by atoms with Crippen molar-refractivity contribution >= 4 is 0 Å². The van der Waals surface area contributed by atoms with Gasteiger partial charge in [-0.25, -0.2) is 0 Å². The van der Waals surface area contributed by atoms with Gasteiger partial charge in [0.05, 0.1) is 0 Å². The molecule has 0 aromatic carbocycles. The molecule has 1 aliphatic rings. The van der Waals surface area contributed by atoms with E-state index in [1.807, 2.05) is 0 Å². The van der Waals surface area contributed by atoms with Crippen molar-refractivity contribution < 1.29 is 0 Å². The first-order valence-corrected chi connectivity index (χ1v) is 5.79. The zero-order chi connectivity index (χ0) is 10.4. The van der Waals surface area contributed by atoms with Gasteiger partial charge in [-0.1, -0.05) is 18.1 Å². The predicted octanol–water partition coefficient (Wildman–Crippen LogP) is 2.16. The average Bonchev–Trinajstić information content (AvgIpc) is 2.42. The minimum atomic E-state index is 0.301. The molecule has 2 nitrogen and oxygen atoms in total. The van der Waals surface area contributed by atoms with Gasteiger partial charge in [0.15, 0.2) is 0 Å². The van der Waals surface area contributed by atoms with E-state index in [0.29, 0.717) is 6.04 Å². The van der Waals surface area contributed by atoms with Crippen LogP contribution in [0.4, 0.5) is 0 Å². The molecule has 0 aromatic rings. The fraction of sp³-hybridized carbons (Fsp3) is 0.833. The highest BCUT2D eigenvalue weighted by molar-refractivity contribution is 5.11. The maximum absolute atomic E-state index is 6.17. The van der Waals surface area contributed by atoms with Gasteiger partial charge in [0, 0.05) is 6.04 Å². The SMILES string of the molecule is CN(C)CCC(N)C1=CCCCCC1. The largest absolute Gasteiger partial charge is 0.324 e. The lowest BCUT2D eigenvalue weighted by Crippen LogP contribution is -2.28. The molecular formula is C12H24N2. The van der Waals surface area contributed by atoms with Crippen molar-refractivity contribution in [2.75, 3.05) is 20.6 Å². The molecule has 0 bridgehead atoms. The van der Waals surface area contributed by atoms with Crippen LogP contribution in [0.25, 0.3) is 0 Å². The van der Waals surface area contributed by atoms with E-state index in [9.17, 15) is 0 Å². The van der Waals surface area contributed by atoms with E-state index in [4.69, 9.17) is 5.73 Å². The summed E-state index contributed by atoms with van der Waals surface area (Å²) in [6, 6.07) is 0.301. The molecule has 1 unspecified atom stereocenters. The summed E-state index contributed by atoms with van der Waals surface area (Å²) in [5, 5.41) is 0.